The van der Waals surface area contributed by atoms with E-state index in [1.165, 1.54) is 12.1 Å². The average molecular weight is 220 g/mol. The average Bonchev–Trinajstić information content (AvgIpc) is 2.14. The molecule has 3 nitrogen and oxygen atoms in total. The van der Waals surface area contributed by atoms with Crippen molar-refractivity contribution >= 4 is 5.69 Å². The van der Waals surface area contributed by atoms with Crippen LogP contribution < -0.4 is 11.1 Å². The molecule has 0 aliphatic rings. The van der Waals surface area contributed by atoms with Crippen LogP contribution in [-0.2, 0) is 6.18 Å². The van der Waals surface area contributed by atoms with E-state index >= 15 is 0 Å². The van der Waals surface area contributed by atoms with E-state index in [0.29, 0.717) is 6.54 Å². The van der Waals surface area contributed by atoms with Crippen LogP contribution in [0.3, 0.4) is 0 Å². The summed E-state index contributed by atoms with van der Waals surface area (Å²) in [7, 11) is 0. The minimum absolute atomic E-state index is 0.0373. The van der Waals surface area contributed by atoms with Crippen LogP contribution in [0.5, 0.6) is 5.75 Å². The Bertz CT molecular complexity index is 339. The molecule has 1 aromatic carbocycles. The first-order valence-corrected chi connectivity index (χ1v) is 4.30. The molecular weight excluding hydrogens is 209 g/mol. The summed E-state index contributed by atoms with van der Waals surface area (Å²) in [5.41, 5.74) is 4.17. The van der Waals surface area contributed by atoms with E-state index in [0.717, 1.165) is 6.07 Å². The van der Waals surface area contributed by atoms with Gasteiger partial charge in [0.25, 0.3) is 0 Å². The van der Waals surface area contributed by atoms with Gasteiger partial charge < -0.3 is 16.2 Å². The van der Waals surface area contributed by atoms with E-state index in [1.54, 1.807) is 0 Å². The largest absolute Gasteiger partial charge is 0.505 e. The summed E-state index contributed by atoms with van der Waals surface area (Å²) in [6, 6.07) is 3.41. The van der Waals surface area contributed by atoms with Gasteiger partial charge in [0.2, 0.25) is 0 Å². The van der Waals surface area contributed by atoms with Crippen LogP contribution in [0.2, 0.25) is 0 Å². The lowest BCUT2D eigenvalue weighted by Crippen LogP contribution is -2.14. The van der Waals surface area contributed by atoms with Crippen LogP contribution in [-0.4, -0.2) is 18.2 Å². The van der Waals surface area contributed by atoms with Crippen molar-refractivity contribution in [2.75, 3.05) is 18.4 Å². The molecule has 15 heavy (non-hydrogen) atoms. The van der Waals surface area contributed by atoms with Crippen LogP contribution in [0, 0.1) is 0 Å². The summed E-state index contributed by atoms with van der Waals surface area (Å²) < 4.78 is 37.0. The van der Waals surface area contributed by atoms with Crippen molar-refractivity contribution in [3.05, 3.63) is 23.8 Å². The standard InChI is InChI=1S/C9H11F3N2O/c10-9(11,12)6-2-1-3-7(8(6)15)14-5-4-13/h1-3,14-15H,4-5,13H2. The molecule has 0 aliphatic heterocycles. The highest BCUT2D eigenvalue weighted by Gasteiger charge is 2.34. The van der Waals surface area contributed by atoms with Crippen molar-refractivity contribution in [3.8, 4) is 5.75 Å². The highest BCUT2D eigenvalue weighted by atomic mass is 19.4. The minimum atomic E-state index is -4.55. The van der Waals surface area contributed by atoms with E-state index in [2.05, 4.69) is 5.32 Å². The number of aromatic hydroxyl groups is 1. The summed E-state index contributed by atoms with van der Waals surface area (Å²) in [6.07, 6.45) is -4.55. The molecule has 0 heterocycles. The van der Waals surface area contributed by atoms with Crippen molar-refractivity contribution in [2.24, 2.45) is 5.73 Å². The fourth-order valence-corrected chi connectivity index (χ4v) is 1.12. The zero-order valence-corrected chi connectivity index (χ0v) is 7.80. The Kier molecular flexibility index (Phi) is 3.41. The monoisotopic (exact) mass is 220 g/mol. The molecule has 0 unspecified atom stereocenters. The fourth-order valence-electron chi connectivity index (χ4n) is 1.12. The number of hydrogen-bond donors (Lipinski definition) is 3. The van der Waals surface area contributed by atoms with Gasteiger partial charge in [-0.25, -0.2) is 0 Å². The Labute approximate surface area is 84.7 Å². The zero-order chi connectivity index (χ0) is 11.5. The molecule has 0 amide bonds. The maximum Gasteiger partial charge on any atom is 0.420 e. The van der Waals surface area contributed by atoms with Gasteiger partial charge in [-0.1, -0.05) is 6.07 Å². The number of phenolic OH excluding ortho intramolecular Hbond substituents is 1. The number of hydrogen-bond acceptors (Lipinski definition) is 3. The first-order valence-electron chi connectivity index (χ1n) is 4.30. The number of halogens is 3. The SMILES string of the molecule is NCCNc1cccc(C(F)(F)F)c1O. The van der Waals surface area contributed by atoms with E-state index in [9.17, 15) is 18.3 Å². The van der Waals surface area contributed by atoms with E-state index < -0.39 is 17.5 Å². The number of phenols is 1. The van der Waals surface area contributed by atoms with Gasteiger partial charge >= 0.3 is 6.18 Å². The summed E-state index contributed by atoms with van der Waals surface area (Å²) in [6.45, 7) is 0.574. The lowest BCUT2D eigenvalue weighted by atomic mass is 10.1. The van der Waals surface area contributed by atoms with E-state index in [1.807, 2.05) is 0 Å². The molecule has 0 bridgehead atoms. The van der Waals surface area contributed by atoms with Gasteiger partial charge in [0.15, 0.2) is 5.75 Å². The molecule has 84 valence electrons. The molecule has 1 aromatic rings. The van der Waals surface area contributed by atoms with Gasteiger partial charge in [-0.15, -0.1) is 0 Å². The molecule has 0 fully saturated rings. The van der Waals surface area contributed by atoms with Gasteiger partial charge in [-0.05, 0) is 12.1 Å². The van der Waals surface area contributed by atoms with Crippen molar-refractivity contribution < 1.29 is 18.3 Å². The third-order valence-corrected chi connectivity index (χ3v) is 1.80. The number of nitrogens with one attached hydrogen (secondary N) is 1. The summed E-state index contributed by atoms with van der Waals surface area (Å²) in [4.78, 5) is 0. The van der Waals surface area contributed by atoms with Crippen molar-refractivity contribution in [1.29, 1.82) is 0 Å². The first kappa shape index (κ1) is 11.6. The van der Waals surface area contributed by atoms with Crippen LogP contribution in [0.15, 0.2) is 18.2 Å². The Hall–Kier alpha value is -1.43. The zero-order valence-electron chi connectivity index (χ0n) is 7.80. The second kappa shape index (κ2) is 4.39. The van der Waals surface area contributed by atoms with E-state index in [-0.39, 0.29) is 12.2 Å². The van der Waals surface area contributed by atoms with Crippen LogP contribution in [0.4, 0.5) is 18.9 Å². The molecule has 0 aliphatic carbocycles. The molecule has 4 N–H and O–H groups in total. The number of alkyl halides is 3. The Balaban J connectivity index is 3.01. The highest BCUT2D eigenvalue weighted by Crippen LogP contribution is 2.39. The summed E-state index contributed by atoms with van der Waals surface area (Å²) in [5.74, 6) is -0.793. The minimum Gasteiger partial charge on any atom is -0.505 e. The van der Waals surface area contributed by atoms with Gasteiger partial charge in [0.1, 0.15) is 0 Å². The van der Waals surface area contributed by atoms with E-state index in [4.69, 9.17) is 5.73 Å². The molecule has 0 saturated heterocycles. The van der Waals surface area contributed by atoms with Gasteiger partial charge in [-0.3, -0.25) is 0 Å². The second-order valence-electron chi connectivity index (χ2n) is 2.91. The maximum atomic E-state index is 12.3. The quantitative estimate of drug-likeness (QED) is 0.680. The lowest BCUT2D eigenvalue weighted by Gasteiger charge is -2.13. The number of benzene rings is 1. The molecule has 0 radical (unpaired) electrons. The second-order valence-corrected chi connectivity index (χ2v) is 2.91. The maximum absolute atomic E-state index is 12.3. The molecule has 0 spiro atoms. The predicted octanol–water partition coefficient (Wildman–Crippen LogP) is 1.78. The third-order valence-electron chi connectivity index (χ3n) is 1.80. The topological polar surface area (TPSA) is 58.3 Å². The Morgan fingerprint density at radius 1 is 1.33 bits per heavy atom. The Morgan fingerprint density at radius 2 is 2.00 bits per heavy atom. The van der Waals surface area contributed by atoms with Gasteiger partial charge in [-0.2, -0.15) is 13.2 Å². The number of rotatable bonds is 3. The molecule has 1 rings (SSSR count). The number of anilines is 1. The summed E-state index contributed by atoms with van der Waals surface area (Å²) in [5, 5.41) is 11.9. The van der Waals surface area contributed by atoms with Crippen LogP contribution in [0.25, 0.3) is 0 Å². The molecule has 0 aromatic heterocycles. The molecule has 0 atom stereocenters. The first-order chi connectivity index (χ1) is 6.96. The number of nitrogens with two attached hydrogens (primary N) is 1. The Morgan fingerprint density at radius 3 is 2.53 bits per heavy atom. The van der Waals surface area contributed by atoms with Gasteiger partial charge in [0.05, 0.1) is 11.3 Å². The van der Waals surface area contributed by atoms with Gasteiger partial charge in [0, 0.05) is 13.1 Å². The fraction of sp³-hybridized carbons (Fsp3) is 0.333. The number of para-hydroxylation sites is 1. The van der Waals surface area contributed by atoms with Crippen molar-refractivity contribution in [2.45, 2.75) is 6.18 Å². The van der Waals surface area contributed by atoms with Crippen LogP contribution >= 0.6 is 0 Å². The normalized spacial score (nSPS) is 11.5. The smallest absolute Gasteiger partial charge is 0.420 e. The highest BCUT2D eigenvalue weighted by molar-refractivity contribution is 5.60. The predicted molar refractivity (Wildman–Crippen MR) is 50.7 cm³/mol. The van der Waals surface area contributed by atoms with Crippen molar-refractivity contribution in [1.82, 2.24) is 0 Å². The summed E-state index contributed by atoms with van der Waals surface area (Å²) >= 11 is 0. The van der Waals surface area contributed by atoms with Crippen molar-refractivity contribution in [3.63, 3.8) is 0 Å². The third kappa shape index (κ3) is 2.76. The molecule has 6 heteroatoms. The molecule has 0 saturated carbocycles. The van der Waals surface area contributed by atoms with Crippen LogP contribution in [0.1, 0.15) is 5.56 Å². The molecular formula is C9H11F3N2O. The lowest BCUT2D eigenvalue weighted by molar-refractivity contribution is -0.138.